The summed E-state index contributed by atoms with van der Waals surface area (Å²) in [6.45, 7) is 6.06. The molecule has 5 heteroatoms. The van der Waals surface area contributed by atoms with Crippen LogP contribution in [-0.2, 0) is 9.53 Å². The van der Waals surface area contributed by atoms with E-state index >= 15 is 0 Å². The van der Waals surface area contributed by atoms with Gasteiger partial charge in [0.15, 0.2) is 0 Å². The number of carboxylic acids is 1. The van der Waals surface area contributed by atoms with Gasteiger partial charge in [-0.25, -0.2) is 4.79 Å². The second kappa shape index (κ2) is 8.05. The van der Waals surface area contributed by atoms with E-state index < -0.39 is 23.6 Å². The number of amides is 1. The number of benzene rings is 2. The number of aliphatic carboxylic acids is 1. The highest BCUT2D eigenvalue weighted by molar-refractivity contribution is 5.75. The smallest absolute Gasteiger partial charge is 0.410 e. The minimum atomic E-state index is -0.886. The van der Waals surface area contributed by atoms with E-state index in [4.69, 9.17) is 4.74 Å². The van der Waals surface area contributed by atoms with Gasteiger partial charge in [0.25, 0.3) is 0 Å². The SMILES string of the molecule is CC(C)(C)OC(=O)N1CCC(c2cccc(-c3ccccc3)c2)C(C(=O)O)C1. The van der Waals surface area contributed by atoms with Gasteiger partial charge in [-0.05, 0) is 43.9 Å². The Hall–Kier alpha value is -2.82. The van der Waals surface area contributed by atoms with Crippen molar-refractivity contribution in [3.63, 3.8) is 0 Å². The van der Waals surface area contributed by atoms with Gasteiger partial charge in [-0.15, -0.1) is 0 Å². The first-order valence-electron chi connectivity index (χ1n) is 9.61. The number of carboxylic acid groups (broad SMARTS) is 1. The van der Waals surface area contributed by atoms with Crippen LogP contribution in [0.2, 0.25) is 0 Å². The maximum atomic E-state index is 12.4. The van der Waals surface area contributed by atoms with E-state index in [2.05, 4.69) is 6.07 Å². The van der Waals surface area contributed by atoms with E-state index in [-0.39, 0.29) is 12.5 Å². The van der Waals surface area contributed by atoms with Crippen LogP contribution in [0.1, 0.15) is 38.7 Å². The summed E-state index contributed by atoms with van der Waals surface area (Å²) < 4.78 is 5.42. The molecule has 2 aromatic rings. The Morgan fingerprint density at radius 3 is 2.36 bits per heavy atom. The summed E-state index contributed by atoms with van der Waals surface area (Å²) in [5, 5.41) is 9.81. The van der Waals surface area contributed by atoms with Gasteiger partial charge >= 0.3 is 12.1 Å². The number of piperidine rings is 1. The third-order valence-corrected chi connectivity index (χ3v) is 5.00. The quantitative estimate of drug-likeness (QED) is 0.831. The lowest BCUT2D eigenvalue weighted by Gasteiger charge is -2.37. The number of hydrogen-bond donors (Lipinski definition) is 1. The van der Waals surface area contributed by atoms with E-state index in [1.54, 1.807) is 20.8 Å². The van der Waals surface area contributed by atoms with Crippen LogP contribution in [0.4, 0.5) is 4.79 Å². The number of likely N-dealkylation sites (tertiary alicyclic amines) is 1. The van der Waals surface area contributed by atoms with Crippen molar-refractivity contribution in [3.8, 4) is 11.1 Å². The Morgan fingerprint density at radius 2 is 1.71 bits per heavy atom. The van der Waals surface area contributed by atoms with Gasteiger partial charge in [-0.1, -0.05) is 54.6 Å². The van der Waals surface area contributed by atoms with Crippen molar-refractivity contribution in [2.45, 2.75) is 38.7 Å². The summed E-state index contributed by atoms with van der Waals surface area (Å²) >= 11 is 0. The van der Waals surface area contributed by atoms with Crippen molar-refractivity contribution in [3.05, 3.63) is 60.2 Å². The zero-order valence-electron chi connectivity index (χ0n) is 16.6. The van der Waals surface area contributed by atoms with Crippen LogP contribution in [0, 0.1) is 5.92 Å². The molecular formula is C23H27NO4. The molecule has 2 unspecified atom stereocenters. The van der Waals surface area contributed by atoms with E-state index in [1.165, 1.54) is 4.90 Å². The highest BCUT2D eigenvalue weighted by Gasteiger charge is 2.38. The highest BCUT2D eigenvalue weighted by Crippen LogP contribution is 2.35. The predicted octanol–water partition coefficient (Wildman–Crippen LogP) is 4.78. The van der Waals surface area contributed by atoms with Gasteiger partial charge in [0, 0.05) is 19.0 Å². The summed E-state index contributed by atoms with van der Waals surface area (Å²) in [4.78, 5) is 25.9. The highest BCUT2D eigenvalue weighted by atomic mass is 16.6. The molecule has 148 valence electrons. The lowest BCUT2D eigenvalue weighted by atomic mass is 9.80. The molecule has 28 heavy (non-hydrogen) atoms. The molecule has 1 saturated heterocycles. The van der Waals surface area contributed by atoms with Gasteiger partial charge in [0.05, 0.1) is 5.92 Å². The molecule has 5 nitrogen and oxygen atoms in total. The van der Waals surface area contributed by atoms with E-state index in [0.717, 1.165) is 16.7 Å². The van der Waals surface area contributed by atoms with Crippen molar-refractivity contribution in [2.24, 2.45) is 5.92 Å². The van der Waals surface area contributed by atoms with Crippen LogP contribution in [0.5, 0.6) is 0 Å². The fourth-order valence-electron chi connectivity index (χ4n) is 3.67. The zero-order chi connectivity index (χ0) is 20.3. The molecule has 1 fully saturated rings. The first kappa shape index (κ1) is 19.9. The largest absolute Gasteiger partial charge is 0.481 e. The first-order chi connectivity index (χ1) is 13.2. The van der Waals surface area contributed by atoms with E-state index in [9.17, 15) is 14.7 Å². The minimum absolute atomic E-state index is 0.139. The minimum Gasteiger partial charge on any atom is -0.481 e. The van der Waals surface area contributed by atoms with Crippen LogP contribution < -0.4 is 0 Å². The van der Waals surface area contributed by atoms with Gasteiger partial charge in [0.1, 0.15) is 5.60 Å². The molecular weight excluding hydrogens is 354 g/mol. The standard InChI is InChI=1S/C23H27NO4/c1-23(2,3)28-22(27)24-13-12-19(20(15-24)21(25)26)18-11-7-10-17(14-18)16-8-5-4-6-9-16/h4-11,14,19-20H,12-13,15H2,1-3H3,(H,25,26). The van der Waals surface area contributed by atoms with E-state index in [1.807, 2.05) is 48.5 Å². The van der Waals surface area contributed by atoms with Crippen molar-refractivity contribution in [2.75, 3.05) is 13.1 Å². The van der Waals surface area contributed by atoms with Crippen LogP contribution in [-0.4, -0.2) is 40.8 Å². The van der Waals surface area contributed by atoms with Crippen molar-refractivity contribution >= 4 is 12.1 Å². The summed E-state index contributed by atoms with van der Waals surface area (Å²) in [5.41, 5.74) is 2.56. The fourth-order valence-corrected chi connectivity index (χ4v) is 3.67. The maximum absolute atomic E-state index is 12.4. The van der Waals surface area contributed by atoms with Gasteiger partial charge in [-0.3, -0.25) is 4.79 Å². The average Bonchev–Trinajstić information content (AvgIpc) is 2.67. The van der Waals surface area contributed by atoms with Gasteiger partial charge in [-0.2, -0.15) is 0 Å². The molecule has 0 bridgehead atoms. The summed E-state index contributed by atoms with van der Waals surface area (Å²) in [5.74, 6) is -1.68. The second-order valence-electron chi connectivity index (χ2n) is 8.26. The molecule has 1 aliphatic rings. The topological polar surface area (TPSA) is 66.8 Å². The molecule has 1 N–H and O–H groups in total. The Morgan fingerprint density at radius 1 is 1.04 bits per heavy atom. The molecule has 1 aliphatic heterocycles. The first-order valence-corrected chi connectivity index (χ1v) is 9.61. The molecule has 0 aliphatic carbocycles. The lowest BCUT2D eigenvalue weighted by Crippen LogP contribution is -2.47. The number of ether oxygens (including phenoxy) is 1. The molecule has 2 atom stereocenters. The predicted molar refractivity (Wildman–Crippen MR) is 108 cm³/mol. The number of nitrogens with zero attached hydrogens (tertiary/aromatic N) is 1. The summed E-state index contributed by atoms with van der Waals surface area (Å²) in [7, 11) is 0. The molecule has 1 amide bonds. The molecule has 0 radical (unpaired) electrons. The van der Waals surface area contributed by atoms with Crippen molar-refractivity contribution < 1.29 is 19.4 Å². The normalized spacial score (nSPS) is 19.9. The van der Waals surface area contributed by atoms with Gasteiger partial charge in [0.2, 0.25) is 0 Å². The van der Waals surface area contributed by atoms with Crippen LogP contribution in [0.25, 0.3) is 11.1 Å². The Labute approximate surface area is 165 Å². The third kappa shape index (κ3) is 4.71. The molecule has 2 aromatic carbocycles. The number of hydrogen-bond acceptors (Lipinski definition) is 3. The number of carbonyl (C=O) groups excluding carboxylic acids is 1. The molecule has 0 spiro atoms. The lowest BCUT2D eigenvalue weighted by molar-refractivity contribution is -0.144. The van der Waals surface area contributed by atoms with Crippen LogP contribution in [0.3, 0.4) is 0 Å². The van der Waals surface area contributed by atoms with Crippen molar-refractivity contribution in [1.82, 2.24) is 4.90 Å². The van der Waals surface area contributed by atoms with E-state index in [0.29, 0.717) is 13.0 Å². The zero-order valence-corrected chi connectivity index (χ0v) is 16.6. The second-order valence-corrected chi connectivity index (χ2v) is 8.26. The molecule has 0 saturated carbocycles. The van der Waals surface area contributed by atoms with Gasteiger partial charge < -0.3 is 14.7 Å². The number of rotatable bonds is 3. The van der Waals surface area contributed by atoms with Crippen molar-refractivity contribution in [1.29, 1.82) is 0 Å². The molecule has 3 rings (SSSR count). The third-order valence-electron chi connectivity index (χ3n) is 5.00. The summed E-state index contributed by atoms with van der Waals surface area (Å²) in [6, 6.07) is 18.1. The maximum Gasteiger partial charge on any atom is 0.410 e. The number of carbonyl (C=O) groups is 2. The molecule has 0 aromatic heterocycles. The average molecular weight is 381 g/mol. The fraction of sp³-hybridized carbons (Fsp3) is 0.391. The monoisotopic (exact) mass is 381 g/mol. The van der Waals surface area contributed by atoms with Crippen LogP contribution >= 0.6 is 0 Å². The Kier molecular flexibility index (Phi) is 5.73. The van der Waals surface area contributed by atoms with Crippen LogP contribution in [0.15, 0.2) is 54.6 Å². The Bertz CT molecular complexity index is 841. The summed E-state index contributed by atoms with van der Waals surface area (Å²) in [6.07, 6.45) is 0.143. The molecule has 1 heterocycles. The Balaban J connectivity index is 1.81.